The van der Waals surface area contributed by atoms with Gasteiger partial charge in [-0.1, -0.05) is 0 Å². The summed E-state index contributed by atoms with van der Waals surface area (Å²) in [5, 5.41) is 9.07. The van der Waals surface area contributed by atoms with Crippen LogP contribution in [0, 0.1) is 22.0 Å². The lowest BCUT2D eigenvalue weighted by Gasteiger charge is -2.29. The third-order valence-corrected chi connectivity index (χ3v) is 4.50. The molecule has 4 nitrogen and oxygen atoms in total. The molecule has 5 heteroatoms. The van der Waals surface area contributed by atoms with Crippen molar-refractivity contribution in [3.8, 4) is 6.07 Å². The zero-order valence-corrected chi connectivity index (χ0v) is 12.2. The molecule has 1 atom stereocenters. The first-order valence-corrected chi connectivity index (χ1v) is 7.33. The van der Waals surface area contributed by atoms with Gasteiger partial charge in [0.15, 0.2) is 4.77 Å². The third kappa shape index (κ3) is 2.26. The van der Waals surface area contributed by atoms with Crippen molar-refractivity contribution in [2.24, 2.45) is 5.92 Å². The van der Waals surface area contributed by atoms with Gasteiger partial charge in [-0.15, -0.1) is 0 Å². The van der Waals surface area contributed by atoms with E-state index in [1.165, 1.54) is 0 Å². The Balaban J connectivity index is 2.07. The molecule has 20 heavy (non-hydrogen) atoms. The van der Waals surface area contributed by atoms with Gasteiger partial charge in [0.1, 0.15) is 0 Å². The molecule has 2 aromatic rings. The third-order valence-electron chi connectivity index (χ3n) is 4.20. The number of rotatable bonds is 2. The standard InChI is InChI=1S/C15H17N3OS/c1-10(12-4-6-19-7-5-12)18-14-8-11(9-16)2-3-13(14)17-15(18)20/h2-3,8,10,12H,4-7H2,1H3,(H,17,20). The molecular formula is C15H17N3OS. The Morgan fingerprint density at radius 2 is 2.20 bits per heavy atom. The summed E-state index contributed by atoms with van der Waals surface area (Å²) < 4.78 is 8.32. The molecule has 3 rings (SSSR count). The van der Waals surface area contributed by atoms with E-state index in [1.54, 1.807) is 0 Å². The van der Waals surface area contributed by atoms with E-state index >= 15 is 0 Å². The number of fused-ring (bicyclic) bond motifs is 1. The Morgan fingerprint density at radius 1 is 1.45 bits per heavy atom. The minimum absolute atomic E-state index is 0.314. The number of imidazole rings is 1. The fourth-order valence-corrected chi connectivity index (χ4v) is 3.38. The van der Waals surface area contributed by atoms with Crippen molar-refractivity contribution >= 4 is 23.3 Å². The van der Waals surface area contributed by atoms with Gasteiger partial charge in [0.2, 0.25) is 0 Å². The summed E-state index contributed by atoms with van der Waals surface area (Å²) in [6, 6.07) is 8.16. The molecule has 0 aliphatic carbocycles. The highest BCUT2D eigenvalue weighted by molar-refractivity contribution is 7.71. The molecule has 0 radical (unpaired) electrons. The highest BCUT2D eigenvalue weighted by Crippen LogP contribution is 2.30. The molecule has 1 unspecified atom stereocenters. The van der Waals surface area contributed by atoms with E-state index in [1.807, 2.05) is 18.2 Å². The Morgan fingerprint density at radius 3 is 2.90 bits per heavy atom. The Labute approximate surface area is 123 Å². The minimum Gasteiger partial charge on any atom is -0.381 e. The van der Waals surface area contributed by atoms with Crippen molar-refractivity contribution in [2.45, 2.75) is 25.8 Å². The zero-order chi connectivity index (χ0) is 14.1. The number of ether oxygens (including phenoxy) is 1. The van der Waals surface area contributed by atoms with Crippen LogP contribution >= 0.6 is 12.2 Å². The lowest BCUT2D eigenvalue weighted by molar-refractivity contribution is 0.0517. The van der Waals surface area contributed by atoms with Crippen LogP contribution in [0.1, 0.15) is 31.4 Å². The van der Waals surface area contributed by atoms with Gasteiger partial charge in [-0.3, -0.25) is 0 Å². The summed E-state index contributed by atoms with van der Waals surface area (Å²) in [6.07, 6.45) is 2.13. The highest BCUT2D eigenvalue weighted by Gasteiger charge is 2.23. The largest absolute Gasteiger partial charge is 0.381 e. The summed E-state index contributed by atoms with van der Waals surface area (Å²) in [5.41, 5.74) is 2.68. The quantitative estimate of drug-likeness (QED) is 0.859. The van der Waals surface area contributed by atoms with Crippen molar-refractivity contribution in [1.82, 2.24) is 9.55 Å². The molecule has 0 spiro atoms. The molecule has 0 bridgehead atoms. The van der Waals surface area contributed by atoms with Crippen LogP contribution in [0.3, 0.4) is 0 Å². The van der Waals surface area contributed by atoms with E-state index < -0.39 is 0 Å². The van der Waals surface area contributed by atoms with Gasteiger partial charge in [-0.25, -0.2) is 0 Å². The van der Waals surface area contributed by atoms with Crippen LogP contribution in [0.25, 0.3) is 11.0 Å². The molecule has 104 valence electrons. The number of nitriles is 1. The molecule has 1 aliphatic heterocycles. The first kappa shape index (κ1) is 13.3. The number of hydrogen-bond acceptors (Lipinski definition) is 3. The van der Waals surface area contributed by atoms with Crippen LogP contribution in [0.15, 0.2) is 18.2 Å². The second-order valence-corrected chi connectivity index (χ2v) is 5.72. The van der Waals surface area contributed by atoms with E-state index in [-0.39, 0.29) is 0 Å². The maximum Gasteiger partial charge on any atom is 0.178 e. The molecule has 0 amide bonds. The van der Waals surface area contributed by atoms with E-state index in [0.29, 0.717) is 17.5 Å². The predicted molar refractivity (Wildman–Crippen MR) is 80.1 cm³/mol. The number of aromatic nitrogens is 2. The molecule has 1 aliphatic rings. The van der Waals surface area contributed by atoms with E-state index in [9.17, 15) is 0 Å². The maximum atomic E-state index is 9.07. The van der Waals surface area contributed by atoms with Crippen molar-refractivity contribution in [1.29, 1.82) is 5.26 Å². The average Bonchev–Trinajstić information content (AvgIpc) is 2.82. The summed E-state index contributed by atoms with van der Waals surface area (Å²) in [4.78, 5) is 3.24. The Hall–Kier alpha value is -1.64. The van der Waals surface area contributed by atoms with Gasteiger partial charge in [0.25, 0.3) is 0 Å². The van der Waals surface area contributed by atoms with Gasteiger partial charge in [-0.05, 0) is 56.1 Å². The predicted octanol–water partition coefficient (Wildman–Crippen LogP) is 3.56. The number of benzene rings is 1. The molecule has 1 aromatic heterocycles. The zero-order valence-electron chi connectivity index (χ0n) is 11.4. The number of nitrogens with one attached hydrogen (secondary N) is 1. The second kappa shape index (κ2) is 5.39. The monoisotopic (exact) mass is 287 g/mol. The highest BCUT2D eigenvalue weighted by atomic mass is 32.1. The number of aromatic amines is 1. The lowest BCUT2D eigenvalue weighted by Crippen LogP contribution is -2.24. The summed E-state index contributed by atoms with van der Waals surface area (Å²) >= 11 is 5.47. The van der Waals surface area contributed by atoms with Gasteiger partial charge in [0, 0.05) is 19.3 Å². The molecule has 2 heterocycles. The molecule has 0 saturated carbocycles. The van der Waals surface area contributed by atoms with Crippen LogP contribution in [-0.2, 0) is 4.74 Å². The smallest absolute Gasteiger partial charge is 0.178 e. The van der Waals surface area contributed by atoms with E-state index in [2.05, 4.69) is 22.5 Å². The normalized spacial score (nSPS) is 18.0. The molecule has 1 fully saturated rings. The van der Waals surface area contributed by atoms with E-state index in [4.69, 9.17) is 22.2 Å². The fourth-order valence-electron chi connectivity index (χ4n) is 3.00. The molecule has 1 saturated heterocycles. The Bertz CT molecular complexity index is 719. The Kier molecular flexibility index (Phi) is 3.60. The minimum atomic E-state index is 0.314. The summed E-state index contributed by atoms with van der Waals surface area (Å²) in [7, 11) is 0. The first-order valence-electron chi connectivity index (χ1n) is 6.93. The van der Waals surface area contributed by atoms with Crippen LogP contribution in [0.4, 0.5) is 0 Å². The average molecular weight is 287 g/mol. The van der Waals surface area contributed by atoms with Crippen LogP contribution in [-0.4, -0.2) is 22.8 Å². The first-order chi connectivity index (χ1) is 9.70. The topological polar surface area (TPSA) is 53.7 Å². The van der Waals surface area contributed by atoms with Crippen LogP contribution in [0.2, 0.25) is 0 Å². The van der Waals surface area contributed by atoms with Crippen molar-refractivity contribution in [3.05, 3.63) is 28.5 Å². The van der Waals surface area contributed by atoms with Gasteiger partial charge < -0.3 is 14.3 Å². The fraction of sp³-hybridized carbons (Fsp3) is 0.467. The van der Waals surface area contributed by atoms with Gasteiger partial charge >= 0.3 is 0 Å². The molecular weight excluding hydrogens is 270 g/mol. The summed E-state index contributed by atoms with van der Waals surface area (Å²) in [5.74, 6) is 0.570. The van der Waals surface area contributed by atoms with Crippen molar-refractivity contribution in [3.63, 3.8) is 0 Å². The SMILES string of the molecule is CC(C1CCOCC1)n1c(=S)[nH]c2ccc(C#N)cc21. The number of hydrogen-bond donors (Lipinski definition) is 1. The van der Waals surface area contributed by atoms with Crippen molar-refractivity contribution in [2.75, 3.05) is 13.2 Å². The van der Waals surface area contributed by atoms with Crippen LogP contribution < -0.4 is 0 Å². The molecule has 1 aromatic carbocycles. The number of H-pyrrole nitrogens is 1. The lowest BCUT2D eigenvalue weighted by atomic mass is 9.92. The molecule has 1 N–H and O–H groups in total. The number of nitrogens with zero attached hydrogens (tertiary/aromatic N) is 2. The van der Waals surface area contributed by atoms with Crippen LogP contribution in [0.5, 0.6) is 0 Å². The van der Waals surface area contributed by atoms with Gasteiger partial charge in [0.05, 0.1) is 22.7 Å². The second-order valence-electron chi connectivity index (χ2n) is 5.33. The van der Waals surface area contributed by atoms with E-state index in [0.717, 1.165) is 41.9 Å². The summed E-state index contributed by atoms with van der Waals surface area (Å²) in [6.45, 7) is 3.86. The van der Waals surface area contributed by atoms with Crippen molar-refractivity contribution < 1.29 is 4.74 Å². The van der Waals surface area contributed by atoms with Gasteiger partial charge in [-0.2, -0.15) is 5.26 Å². The maximum absolute atomic E-state index is 9.07.